The molecule has 0 aliphatic carbocycles. The first-order chi connectivity index (χ1) is 8.99. The minimum Gasteiger partial charge on any atom is -0.324 e. The molecule has 3 heteroatoms. The fourth-order valence-electron chi connectivity index (χ4n) is 2.30. The van der Waals surface area contributed by atoms with E-state index in [2.05, 4.69) is 70.0 Å². The number of benzene rings is 2. The van der Waals surface area contributed by atoms with Crippen molar-refractivity contribution in [2.24, 2.45) is 5.73 Å². The van der Waals surface area contributed by atoms with Crippen LogP contribution in [0.1, 0.15) is 28.3 Å². The van der Waals surface area contributed by atoms with E-state index in [1.165, 1.54) is 16.7 Å². The predicted octanol–water partition coefficient (Wildman–Crippen LogP) is 5.07. The largest absolute Gasteiger partial charge is 0.324 e. The highest BCUT2D eigenvalue weighted by atomic mass is 79.9. The predicted molar refractivity (Wildman–Crippen MR) is 88.4 cm³/mol. The average Bonchev–Trinajstić information content (AvgIpc) is 2.37. The Morgan fingerprint density at radius 3 is 2.32 bits per heavy atom. The van der Waals surface area contributed by atoms with E-state index < -0.39 is 0 Å². The topological polar surface area (TPSA) is 26.0 Å². The van der Waals surface area contributed by atoms with Gasteiger partial charge in [-0.25, -0.2) is 0 Å². The molecule has 0 amide bonds. The number of rotatable bonds is 3. The van der Waals surface area contributed by atoms with Crippen LogP contribution in [0.3, 0.4) is 0 Å². The second-order valence-corrected chi connectivity index (χ2v) is 6.62. The van der Waals surface area contributed by atoms with E-state index >= 15 is 0 Å². The summed E-state index contributed by atoms with van der Waals surface area (Å²) in [5.41, 5.74) is 11.5. The third-order valence-electron chi connectivity index (χ3n) is 3.43. The van der Waals surface area contributed by atoms with E-state index in [0.717, 1.165) is 20.9 Å². The van der Waals surface area contributed by atoms with Crippen LogP contribution in [-0.4, -0.2) is 0 Å². The molecule has 0 aliphatic rings. The van der Waals surface area contributed by atoms with E-state index in [1.807, 2.05) is 12.1 Å². The minimum atomic E-state index is -0.00771. The van der Waals surface area contributed by atoms with Gasteiger partial charge < -0.3 is 5.73 Å². The number of halogens is 2. The van der Waals surface area contributed by atoms with Crippen molar-refractivity contribution in [1.82, 2.24) is 0 Å². The number of nitrogens with two attached hydrogens (primary N) is 1. The highest BCUT2D eigenvalue weighted by Gasteiger charge is 2.13. The van der Waals surface area contributed by atoms with Gasteiger partial charge >= 0.3 is 0 Å². The maximum Gasteiger partial charge on any atom is 0.0347 e. The maximum atomic E-state index is 6.38. The van der Waals surface area contributed by atoms with Gasteiger partial charge in [0.05, 0.1) is 0 Å². The first kappa shape index (κ1) is 14.8. The lowest BCUT2D eigenvalue weighted by Crippen LogP contribution is -2.15. The van der Waals surface area contributed by atoms with Gasteiger partial charge in [0.25, 0.3) is 0 Å². The molecule has 0 saturated heterocycles. The molecule has 1 nitrogen and oxygen atoms in total. The number of hydrogen-bond acceptors (Lipinski definition) is 1. The van der Waals surface area contributed by atoms with Gasteiger partial charge in [-0.2, -0.15) is 0 Å². The zero-order chi connectivity index (χ0) is 14.0. The second-order valence-electron chi connectivity index (χ2n) is 4.85. The summed E-state index contributed by atoms with van der Waals surface area (Å²) in [6.45, 7) is 4.29. The monoisotopic (exact) mass is 381 g/mol. The molecule has 2 rings (SSSR count). The standard InChI is InChI=1S/C16H17Br2N/c1-10-4-3-5-11(2)13(10)9-16(19)14-8-12(17)6-7-15(14)18/h3-8,16H,9,19H2,1-2H3. The first-order valence-corrected chi connectivity index (χ1v) is 7.83. The van der Waals surface area contributed by atoms with Crippen LogP contribution in [0.5, 0.6) is 0 Å². The summed E-state index contributed by atoms with van der Waals surface area (Å²) in [6.07, 6.45) is 0.855. The van der Waals surface area contributed by atoms with Gasteiger partial charge in [0.15, 0.2) is 0 Å². The first-order valence-electron chi connectivity index (χ1n) is 6.24. The van der Waals surface area contributed by atoms with Crippen molar-refractivity contribution < 1.29 is 0 Å². The smallest absolute Gasteiger partial charge is 0.0347 e. The van der Waals surface area contributed by atoms with Crippen molar-refractivity contribution in [2.45, 2.75) is 26.3 Å². The Kier molecular flexibility index (Phi) is 4.82. The van der Waals surface area contributed by atoms with Crippen LogP contribution >= 0.6 is 31.9 Å². The van der Waals surface area contributed by atoms with E-state index in [1.54, 1.807) is 0 Å². The normalized spacial score (nSPS) is 12.5. The fraction of sp³-hybridized carbons (Fsp3) is 0.250. The molecule has 0 fully saturated rings. The van der Waals surface area contributed by atoms with Gasteiger partial charge in [-0.05, 0) is 60.7 Å². The molecule has 0 spiro atoms. The van der Waals surface area contributed by atoms with E-state index in [-0.39, 0.29) is 6.04 Å². The summed E-state index contributed by atoms with van der Waals surface area (Å²) in [5.74, 6) is 0. The van der Waals surface area contributed by atoms with E-state index in [9.17, 15) is 0 Å². The van der Waals surface area contributed by atoms with Gasteiger partial charge in [-0.1, -0.05) is 50.1 Å². The van der Waals surface area contributed by atoms with E-state index in [4.69, 9.17) is 5.73 Å². The summed E-state index contributed by atoms with van der Waals surface area (Å²) in [7, 11) is 0. The van der Waals surface area contributed by atoms with Crippen LogP contribution in [0, 0.1) is 13.8 Å². The molecule has 0 heterocycles. The van der Waals surface area contributed by atoms with Crippen molar-refractivity contribution in [1.29, 1.82) is 0 Å². The summed E-state index contributed by atoms with van der Waals surface area (Å²) >= 11 is 7.08. The third-order valence-corrected chi connectivity index (χ3v) is 4.64. The third kappa shape index (κ3) is 3.47. The lowest BCUT2D eigenvalue weighted by Gasteiger charge is -2.17. The zero-order valence-corrected chi connectivity index (χ0v) is 14.3. The quantitative estimate of drug-likeness (QED) is 0.787. The van der Waals surface area contributed by atoms with Crippen molar-refractivity contribution in [3.05, 3.63) is 67.6 Å². The molecular formula is C16H17Br2N. The number of aryl methyl sites for hydroxylation is 2. The summed E-state index contributed by atoms with van der Waals surface area (Å²) in [4.78, 5) is 0. The lowest BCUT2D eigenvalue weighted by molar-refractivity contribution is 0.711. The van der Waals surface area contributed by atoms with Crippen molar-refractivity contribution in [3.8, 4) is 0 Å². The van der Waals surface area contributed by atoms with Crippen LogP contribution in [-0.2, 0) is 6.42 Å². The summed E-state index contributed by atoms with van der Waals surface area (Å²) in [5, 5.41) is 0. The van der Waals surface area contributed by atoms with Gasteiger partial charge in [0.1, 0.15) is 0 Å². The van der Waals surface area contributed by atoms with Crippen LogP contribution in [0.15, 0.2) is 45.3 Å². The Balaban J connectivity index is 2.31. The molecular weight excluding hydrogens is 366 g/mol. The molecule has 2 aromatic rings. The van der Waals surface area contributed by atoms with Crippen LogP contribution in [0.4, 0.5) is 0 Å². The zero-order valence-electron chi connectivity index (χ0n) is 11.1. The van der Waals surface area contributed by atoms with Gasteiger partial charge in [0, 0.05) is 15.0 Å². The van der Waals surface area contributed by atoms with Gasteiger partial charge in [-0.15, -0.1) is 0 Å². The molecule has 1 atom stereocenters. The Morgan fingerprint density at radius 1 is 1.05 bits per heavy atom. The molecule has 2 N–H and O–H groups in total. The van der Waals surface area contributed by atoms with Gasteiger partial charge in [-0.3, -0.25) is 0 Å². The van der Waals surface area contributed by atoms with Crippen LogP contribution in [0.25, 0.3) is 0 Å². The molecule has 0 bridgehead atoms. The molecule has 100 valence electrons. The maximum absolute atomic E-state index is 6.38. The van der Waals surface area contributed by atoms with Gasteiger partial charge in [0.2, 0.25) is 0 Å². The highest BCUT2D eigenvalue weighted by molar-refractivity contribution is 9.11. The summed E-state index contributed by atoms with van der Waals surface area (Å²) < 4.78 is 2.12. The number of hydrogen-bond donors (Lipinski definition) is 1. The second kappa shape index (κ2) is 6.21. The Hall–Kier alpha value is -0.640. The van der Waals surface area contributed by atoms with E-state index in [0.29, 0.717) is 0 Å². The average molecular weight is 383 g/mol. The van der Waals surface area contributed by atoms with Crippen LogP contribution < -0.4 is 5.73 Å². The Labute approximate surface area is 131 Å². The Bertz CT molecular complexity index is 573. The van der Waals surface area contributed by atoms with Crippen molar-refractivity contribution in [2.75, 3.05) is 0 Å². The SMILES string of the molecule is Cc1cccc(C)c1CC(N)c1cc(Br)ccc1Br. The summed E-state index contributed by atoms with van der Waals surface area (Å²) in [6, 6.07) is 12.5. The van der Waals surface area contributed by atoms with Crippen molar-refractivity contribution >= 4 is 31.9 Å². The molecule has 0 saturated carbocycles. The molecule has 0 aromatic heterocycles. The minimum absolute atomic E-state index is 0.00771. The molecule has 0 radical (unpaired) electrons. The molecule has 2 aromatic carbocycles. The highest BCUT2D eigenvalue weighted by Crippen LogP contribution is 2.29. The molecule has 1 unspecified atom stereocenters. The van der Waals surface area contributed by atoms with Crippen molar-refractivity contribution in [3.63, 3.8) is 0 Å². The molecule has 19 heavy (non-hydrogen) atoms. The molecule has 0 aliphatic heterocycles. The fourth-order valence-corrected chi connectivity index (χ4v) is 3.22. The lowest BCUT2D eigenvalue weighted by atomic mass is 9.93. The Morgan fingerprint density at radius 2 is 1.68 bits per heavy atom. The van der Waals surface area contributed by atoms with Crippen LogP contribution in [0.2, 0.25) is 0 Å².